The van der Waals surface area contributed by atoms with Crippen molar-refractivity contribution < 1.29 is 4.57 Å². The Morgan fingerprint density at radius 1 is 0.647 bits per heavy atom. The van der Waals surface area contributed by atoms with Crippen LogP contribution in [0.25, 0.3) is 55.1 Å². The molecule has 1 aliphatic carbocycles. The molecule has 1 aliphatic heterocycles. The largest absolute Gasteiger partial charge is 0.305 e. The molecule has 3 aromatic heterocycles. The lowest BCUT2D eigenvalue weighted by molar-refractivity contribution is 0.581. The Hall–Kier alpha value is -3.81. The zero-order valence-corrected chi connectivity index (χ0v) is 19.2. The van der Waals surface area contributed by atoms with Gasteiger partial charge in [0, 0.05) is 43.5 Å². The maximum absolute atomic E-state index is 15.8. The first-order chi connectivity index (χ1) is 16.8. The lowest BCUT2D eigenvalue weighted by atomic mass is 10.0. The van der Waals surface area contributed by atoms with E-state index in [0.717, 1.165) is 34.5 Å². The second-order valence-electron chi connectivity index (χ2n) is 9.59. The number of fused-ring (bicyclic) bond motifs is 5. The average Bonchev–Trinajstić information content (AvgIpc) is 3.51. The number of benzene rings is 4. The van der Waals surface area contributed by atoms with Crippen LogP contribution in [0.3, 0.4) is 0 Å². The first-order valence-corrected chi connectivity index (χ1v) is 13.6. The van der Waals surface area contributed by atoms with Crippen molar-refractivity contribution in [3.8, 4) is 0 Å². The molecule has 0 saturated heterocycles. The van der Waals surface area contributed by atoms with Gasteiger partial charge in [0.15, 0.2) is 0 Å². The molecule has 7 aromatic rings. The molecule has 3 nitrogen and oxygen atoms in total. The van der Waals surface area contributed by atoms with Gasteiger partial charge in [-0.2, -0.15) is 0 Å². The fourth-order valence-electron chi connectivity index (χ4n) is 6.79. The molecule has 0 fully saturated rings. The summed E-state index contributed by atoms with van der Waals surface area (Å²) >= 11 is 0. The number of nitrogens with zero attached hydrogens (tertiary/aromatic N) is 2. The van der Waals surface area contributed by atoms with E-state index in [1.165, 1.54) is 49.2 Å². The predicted molar refractivity (Wildman–Crippen MR) is 143 cm³/mol. The summed E-state index contributed by atoms with van der Waals surface area (Å²) < 4.78 is 20.5. The molecular weight excluding hydrogens is 435 g/mol. The van der Waals surface area contributed by atoms with E-state index in [1.54, 1.807) is 0 Å². The van der Waals surface area contributed by atoms with E-state index in [1.807, 2.05) is 18.2 Å². The van der Waals surface area contributed by atoms with E-state index in [0.29, 0.717) is 0 Å². The highest BCUT2D eigenvalue weighted by Crippen LogP contribution is 2.57. The number of aromatic nitrogens is 2. The Morgan fingerprint density at radius 3 is 2.18 bits per heavy atom. The van der Waals surface area contributed by atoms with Crippen LogP contribution in [0, 0.1) is 0 Å². The molecule has 4 heterocycles. The fraction of sp³-hybridized carbons (Fsp3) is 0.0667. The zero-order valence-electron chi connectivity index (χ0n) is 18.3. The van der Waals surface area contributed by atoms with E-state index in [4.69, 9.17) is 0 Å². The standard InChI is InChI=1S/C30H19N2OP/c33-34(18-8-2-1-3-9-18)26-15-7-13-22-20-11-6-12-21-24-17-16-23-19-10-4-5-14-25(19)32(34)30(23)29(24)31(27(20)21)28(22)26/h1-4,6-13,15-17H,5,14H2. The number of hydrogen-bond donors (Lipinski definition) is 0. The molecule has 9 rings (SSSR count). The van der Waals surface area contributed by atoms with E-state index in [2.05, 4.69) is 81.6 Å². The molecule has 1 unspecified atom stereocenters. The summed E-state index contributed by atoms with van der Waals surface area (Å²) in [4.78, 5) is 0. The van der Waals surface area contributed by atoms with Crippen LogP contribution in [-0.2, 0) is 11.0 Å². The summed E-state index contributed by atoms with van der Waals surface area (Å²) in [5.41, 5.74) is 7.10. The van der Waals surface area contributed by atoms with Crippen molar-refractivity contribution in [1.82, 2.24) is 8.74 Å². The molecule has 0 N–H and O–H groups in total. The SMILES string of the molecule is O=P1(c2ccccc2)c2cccc3c4cccc5c6ccc7c8c(n1c7c6n(c23)c45)CCC=C8. The van der Waals surface area contributed by atoms with Gasteiger partial charge in [0.1, 0.15) is 0 Å². The third kappa shape index (κ3) is 1.72. The molecule has 0 radical (unpaired) electrons. The molecule has 0 bridgehead atoms. The Bertz CT molecular complexity index is 2090. The van der Waals surface area contributed by atoms with Crippen LogP contribution in [0.4, 0.5) is 0 Å². The molecule has 0 amide bonds. The minimum absolute atomic E-state index is 0.896. The van der Waals surface area contributed by atoms with Crippen LogP contribution in [0.5, 0.6) is 0 Å². The smallest absolute Gasteiger partial charge is 0.235 e. The van der Waals surface area contributed by atoms with Gasteiger partial charge in [-0.1, -0.05) is 72.8 Å². The Balaban J connectivity index is 1.71. The lowest BCUT2D eigenvalue weighted by Gasteiger charge is -2.25. The summed E-state index contributed by atoms with van der Waals surface area (Å²) in [6, 6.07) is 27.7. The van der Waals surface area contributed by atoms with Crippen LogP contribution in [0.2, 0.25) is 0 Å². The van der Waals surface area contributed by atoms with Gasteiger partial charge in [-0.25, -0.2) is 0 Å². The minimum Gasteiger partial charge on any atom is -0.305 e. The van der Waals surface area contributed by atoms with Crippen molar-refractivity contribution in [2.75, 3.05) is 0 Å². The van der Waals surface area contributed by atoms with Crippen LogP contribution in [0.1, 0.15) is 17.7 Å². The molecule has 34 heavy (non-hydrogen) atoms. The molecule has 4 aromatic carbocycles. The summed E-state index contributed by atoms with van der Waals surface area (Å²) in [5, 5.41) is 7.98. The van der Waals surface area contributed by atoms with Gasteiger partial charge in [0.2, 0.25) is 7.29 Å². The molecule has 0 spiro atoms. The Morgan fingerprint density at radius 2 is 1.35 bits per heavy atom. The summed E-state index contributed by atoms with van der Waals surface area (Å²) in [5.74, 6) is 0. The molecular formula is C30H19N2OP. The van der Waals surface area contributed by atoms with Crippen LogP contribution < -0.4 is 10.6 Å². The molecule has 160 valence electrons. The average molecular weight is 454 g/mol. The van der Waals surface area contributed by atoms with E-state index >= 15 is 4.57 Å². The highest BCUT2D eigenvalue weighted by Gasteiger charge is 2.40. The normalized spacial score (nSPS) is 19.1. The second kappa shape index (κ2) is 5.63. The first-order valence-electron chi connectivity index (χ1n) is 11.9. The summed E-state index contributed by atoms with van der Waals surface area (Å²) in [6.07, 6.45) is 6.38. The van der Waals surface area contributed by atoms with Crippen LogP contribution >= 0.6 is 7.29 Å². The summed E-state index contributed by atoms with van der Waals surface area (Å²) in [7, 11) is -3.21. The van der Waals surface area contributed by atoms with Crippen LogP contribution in [-0.4, -0.2) is 8.74 Å². The third-order valence-electron chi connectivity index (χ3n) is 8.07. The maximum atomic E-state index is 15.8. The number of hydrogen-bond acceptors (Lipinski definition) is 1. The van der Waals surface area contributed by atoms with Crippen molar-refractivity contribution in [3.63, 3.8) is 0 Å². The quantitative estimate of drug-likeness (QED) is 0.249. The van der Waals surface area contributed by atoms with Crippen molar-refractivity contribution in [1.29, 1.82) is 0 Å². The van der Waals surface area contributed by atoms with Gasteiger partial charge in [-0.05, 0) is 31.0 Å². The van der Waals surface area contributed by atoms with Crippen molar-refractivity contribution in [2.45, 2.75) is 12.8 Å². The molecule has 4 heteroatoms. The van der Waals surface area contributed by atoms with E-state index in [9.17, 15) is 0 Å². The second-order valence-corrected chi connectivity index (χ2v) is 12.1. The monoisotopic (exact) mass is 454 g/mol. The molecule has 2 aliphatic rings. The number of rotatable bonds is 1. The van der Waals surface area contributed by atoms with Gasteiger partial charge in [-0.15, -0.1) is 0 Å². The third-order valence-corrected chi connectivity index (χ3v) is 11.1. The van der Waals surface area contributed by atoms with E-state index < -0.39 is 7.29 Å². The van der Waals surface area contributed by atoms with Gasteiger partial charge >= 0.3 is 0 Å². The topological polar surface area (TPSA) is 26.4 Å². The number of para-hydroxylation sites is 2. The Labute approximate surface area is 195 Å². The molecule has 1 atom stereocenters. The Kier molecular flexibility index (Phi) is 2.92. The van der Waals surface area contributed by atoms with Gasteiger partial charge in [-0.3, -0.25) is 8.90 Å². The van der Waals surface area contributed by atoms with Crippen molar-refractivity contribution >= 4 is 73.0 Å². The van der Waals surface area contributed by atoms with Crippen LogP contribution in [0.15, 0.2) is 84.9 Å². The maximum Gasteiger partial charge on any atom is 0.235 e. The molecule has 0 saturated carbocycles. The van der Waals surface area contributed by atoms with Gasteiger partial charge in [0.05, 0.1) is 27.4 Å². The summed E-state index contributed by atoms with van der Waals surface area (Å²) in [6.45, 7) is 0. The van der Waals surface area contributed by atoms with Gasteiger partial charge < -0.3 is 4.40 Å². The highest BCUT2D eigenvalue weighted by molar-refractivity contribution is 7.78. The zero-order chi connectivity index (χ0) is 22.2. The van der Waals surface area contributed by atoms with Gasteiger partial charge in [0.25, 0.3) is 0 Å². The fourth-order valence-corrected chi connectivity index (χ4v) is 9.92. The highest BCUT2D eigenvalue weighted by atomic mass is 31.2. The van der Waals surface area contributed by atoms with Crippen molar-refractivity contribution in [3.05, 3.63) is 96.2 Å². The van der Waals surface area contributed by atoms with E-state index in [-0.39, 0.29) is 0 Å². The predicted octanol–water partition coefficient (Wildman–Crippen LogP) is 6.84. The minimum atomic E-state index is -3.21. The van der Waals surface area contributed by atoms with Crippen molar-refractivity contribution in [2.24, 2.45) is 0 Å². The number of allylic oxidation sites excluding steroid dienone is 1. The lowest BCUT2D eigenvalue weighted by Crippen LogP contribution is -2.23. The first kappa shape index (κ1) is 17.6.